The van der Waals surface area contributed by atoms with Crippen LogP contribution in [0.2, 0.25) is 0 Å². The summed E-state index contributed by atoms with van der Waals surface area (Å²) in [6.45, 7) is 6.83. The molecule has 2 aromatic heterocycles. The molecule has 0 aliphatic rings. The van der Waals surface area contributed by atoms with E-state index in [0.717, 1.165) is 33.8 Å². The SMILES string of the molecule is Cc1noc(C)c1CN(C)C(=O)c1cccc(NCc2cccnc2)c1C. The summed E-state index contributed by atoms with van der Waals surface area (Å²) in [6.07, 6.45) is 3.58. The molecule has 140 valence electrons. The highest BCUT2D eigenvalue weighted by Crippen LogP contribution is 2.22. The molecule has 0 spiro atoms. The van der Waals surface area contributed by atoms with E-state index in [0.29, 0.717) is 18.7 Å². The van der Waals surface area contributed by atoms with Crippen LogP contribution < -0.4 is 5.32 Å². The highest BCUT2D eigenvalue weighted by molar-refractivity contribution is 5.96. The number of nitrogens with one attached hydrogen (secondary N) is 1. The van der Waals surface area contributed by atoms with Gasteiger partial charge >= 0.3 is 0 Å². The average Bonchev–Trinajstić information content (AvgIpc) is 2.99. The van der Waals surface area contributed by atoms with Crippen molar-refractivity contribution < 1.29 is 9.32 Å². The first kappa shape index (κ1) is 18.6. The summed E-state index contributed by atoms with van der Waals surface area (Å²) in [5, 5.41) is 7.35. The molecule has 0 saturated carbocycles. The van der Waals surface area contributed by atoms with Crippen molar-refractivity contribution in [3.8, 4) is 0 Å². The van der Waals surface area contributed by atoms with Crippen molar-refractivity contribution in [2.75, 3.05) is 12.4 Å². The summed E-state index contributed by atoms with van der Waals surface area (Å²) in [6, 6.07) is 9.66. The largest absolute Gasteiger partial charge is 0.381 e. The maximum Gasteiger partial charge on any atom is 0.254 e. The van der Waals surface area contributed by atoms with Crippen LogP contribution in [0.15, 0.2) is 47.2 Å². The van der Waals surface area contributed by atoms with E-state index >= 15 is 0 Å². The van der Waals surface area contributed by atoms with E-state index in [-0.39, 0.29) is 5.91 Å². The first-order valence-electron chi connectivity index (χ1n) is 8.87. The van der Waals surface area contributed by atoms with Gasteiger partial charge in [-0.3, -0.25) is 9.78 Å². The van der Waals surface area contributed by atoms with Gasteiger partial charge in [0.1, 0.15) is 5.76 Å². The summed E-state index contributed by atoms with van der Waals surface area (Å²) in [4.78, 5) is 18.8. The highest BCUT2D eigenvalue weighted by Gasteiger charge is 2.19. The Morgan fingerprint density at radius 1 is 1.19 bits per heavy atom. The molecule has 0 atom stereocenters. The van der Waals surface area contributed by atoms with Crippen LogP contribution in [0, 0.1) is 20.8 Å². The second-order valence-corrected chi connectivity index (χ2v) is 6.66. The molecule has 0 radical (unpaired) electrons. The lowest BCUT2D eigenvalue weighted by atomic mass is 10.0. The summed E-state index contributed by atoms with van der Waals surface area (Å²) in [7, 11) is 1.80. The second-order valence-electron chi connectivity index (χ2n) is 6.66. The van der Waals surface area contributed by atoms with Gasteiger partial charge in [-0.1, -0.05) is 17.3 Å². The number of aryl methyl sites for hydroxylation is 2. The molecule has 2 heterocycles. The van der Waals surface area contributed by atoms with E-state index in [1.54, 1.807) is 18.1 Å². The molecule has 1 aromatic carbocycles. The van der Waals surface area contributed by atoms with Crippen LogP contribution in [0.1, 0.15) is 38.5 Å². The van der Waals surface area contributed by atoms with Crippen molar-refractivity contribution in [2.45, 2.75) is 33.9 Å². The molecule has 6 heteroatoms. The van der Waals surface area contributed by atoms with Crippen molar-refractivity contribution in [3.05, 3.63) is 76.4 Å². The number of carbonyl (C=O) groups excluding carboxylic acids is 1. The van der Waals surface area contributed by atoms with Crippen LogP contribution in [-0.4, -0.2) is 28.0 Å². The van der Waals surface area contributed by atoms with Crippen molar-refractivity contribution >= 4 is 11.6 Å². The summed E-state index contributed by atoms with van der Waals surface area (Å²) in [5.74, 6) is 0.716. The number of benzene rings is 1. The molecular weight excluding hydrogens is 340 g/mol. The Hall–Kier alpha value is -3.15. The molecule has 1 N–H and O–H groups in total. The van der Waals surface area contributed by atoms with Crippen LogP contribution in [-0.2, 0) is 13.1 Å². The third-order valence-corrected chi connectivity index (χ3v) is 4.69. The molecule has 0 aliphatic heterocycles. The Morgan fingerprint density at radius 3 is 2.67 bits per heavy atom. The predicted octanol–water partition coefficient (Wildman–Crippen LogP) is 3.88. The maximum atomic E-state index is 13.0. The average molecular weight is 364 g/mol. The molecule has 3 aromatic rings. The molecule has 27 heavy (non-hydrogen) atoms. The van der Waals surface area contributed by atoms with E-state index in [4.69, 9.17) is 4.52 Å². The van der Waals surface area contributed by atoms with Crippen molar-refractivity contribution in [3.63, 3.8) is 0 Å². The van der Waals surface area contributed by atoms with Gasteiger partial charge in [-0.05, 0) is 50.1 Å². The Labute approximate surface area is 159 Å². The molecule has 3 rings (SSSR count). The zero-order chi connectivity index (χ0) is 19.4. The van der Waals surface area contributed by atoms with Crippen LogP contribution in [0.3, 0.4) is 0 Å². The number of nitrogens with zero attached hydrogens (tertiary/aromatic N) is 3. The monoisotopic (exact) mass is 364 g/mol. The first-order chi connectivity index (χ1) is 13.0. The number of aromatic nitrogens is 2. The van der Waals surface area contributed by atoms with Gasteiger partial charge in [0.2, 0.25) is 0 Å². The van der Waals surface area contributed by atoms with Gasteiger partial charge in [-0.25, -0.2) is 0 Å². The summed E-state index contributed by atoms with van der Waals surface area (Å²) >= 11 is 0. The number of hydrogen-bond acceptors (Lipinski definition) is 5. The molecular formula is C21H24N4O2. The van der Waals surface area contributed by atoms with Gasteiger partial charge in [-0.15, -0.1) is 0 Å². The minimum absolute atomic E-state index is 0.0301. The number of amides is 1. The zero-order valence-electron chi connectivity index (χ0n) is 16.1. The fourth-order valence-corrected chi connectivity index (χ4v) is 3.00. The number of rotatable bonds is 6. The van der Waals surface area contributed by atoms with Gasteiger partial charge in [0, 0.05) is 42.8 Å². The van der Waals surface area contributed by atoms with Crippen molar-refractivity contribution in [1.82, 2.24) is 15.0 Å². The van der Waals surface area contributed by atoms with Crippen molar-refractivity contribution in [1.29, 1.82) is 0 Å². The van der Waals surface area contributed by atoms with Gasteiger partial charge in [0.05, 0.1) is 12.2 Å². The van der Waals surface area contributed by atoms with E-state index in [9.17, 15) is 4.79 Å². The minimum Gasteiger partial charge on any atom is -0.381 e. The molecule has 1 amide bonds. The van der Waals surface area contributed by atoms with Crippen molar-refractivity contribution in [2.24, 2.45) is 0 Å². The first-order valence-corrected chi connectivity index (χ1v) is 8.87. The van der Waals surface area contributed by atoms with Crippen LogP contribution in [0.4, 0.5) is 5.69 Å². The molecule has 6 nitrogen and oxygen atoms in total. The Bertz CT molecular complexity index is 915. The lowest BCUT2D eigenvalue weighted by Crippen LogP contribution is -2.27. The molecule has 0 saturated heterocycles. The van der Waals surface area contributed by atoms with Crippen LogP contribution >= 0.6 is 0 Å². The standard InChI is InChI=1S/C21H24N4O2/c1-14-18(21(26)25(4)13-19-15(2)24-27-16(19)3)8-5-9-20(14)23-12-17-7-6-10-22-11-17/h5-11,23H,12-13H2,1-4H3. The number of carbonyl (C=O) groups is 1. The molecule has 0 unspecified atom stereocenters. The van der Waals surface area contributed by atoms with Crippen LogP contribution in [0.25, 0.3) is 0 Å². The number of pyridine rings is 1. The molecule has 0 fully saturated rings. The van der Waals surface area contributed by atoms with E-state index in [1.807, 2.05) is 57.3 Å². The quantitative estimate of drug-likeness (QED) is 0.719. The zero-order valence-corrected chi connectivity index (χ0v) is 16.1. The fraction of sp³-hybridized carbons (Fsp3) is 0.286. The maximum absolute atomic E-state index is 13.0. The molecule has 0 bridgehead atoms. The van der Waals surface area contributed by atoms with E-state index in [2.05, 4.69) is 15.5 Å². The molecule has 0 aliphatic carbocycles. The van der Waals surface area contributed by atoms with Gasteiger partial charge in [0.15, 0.2) is 0 Å². The minimum atomic E-state index is -0.0301. The highest BCUT2D eigenvalue weighted by atomic mass is 16.5. The Balaban J connectivity index is 1.75. The smallest absolute Gasteiger partial charge is 0.254 e. The normalized spacial score (nSPS) is 10.7. The summed E-state index contributed by atoms with van der Waals surface area (Å²) < 4.78 is 5.20. The number of hydrogen-bond donors (Lipinski definition) is 1. The third-order valence-electron chi connectivity index (χ3n) is 4.69. The second kappa shape index (κ2) is 8.03. The van der Waals surface area contributed by atoms with Crippen LogP contribution in [0.5, 0.6) is 0 Å². The van der Waals surface area contributed by atoms with E-state index < -0.39 is 0 Å². The lowest BCUT2D eigenvalue weighted by molar-refractivity contribution is 0.0784. The fourth-order valence-electron chi connectivity index (χ4n) is 3.00. The third kappa shape index (κ3) is 4.16. The number of anilines is 1. The topological polar surface area (TPSA) is 71.3 Å². The lowest BCUT2D eigenvalue weighted by Gasteiger charge is -2.20. The van der Waals surface area contributed by atoms with Gasteiger partial charge in [-0.2, -0.15) is 0 Å². The Morgan fingerprint density at radius 2 is 2.00 bits per heavy atom. The Kier molecular flexibility index (Phi) is 5.54. The van der Waals surface area contributed by atoms with Gasteiger partial charge in [0.25, 0.3) is 5.91 Å². The van der Waals surface area contributed by atoms with Gasteiger partial charge < -0.3 is 14.7 Å². The predicted molar refractivity (Wildman–Crippen MR) is 105 cm³/mol. The summed E-state index contributed by atoms with van der Waals surface area (Å²) in [5.41, 5.74) is 5.40. The van der Waals surface area contributed by atoms with E-state index in [1.165, 1.54) is 0 Å².